The van der Waals surface area contributed by atoms with E-state index in [0.29, 0.717) is 0 Å². The molecule has 2 heterocycles. The quantitative estimate of drug-likeness (QED) is 0.787. The zero-order valence-electron chi connectivity index (χ0n) is 12.6. The fourth-order valence-electron chi connectivity index (χ4n) is 2.90. The van der Waals surface area contributed by atoms with Gasteiger partial charge in [0.05, 0.1) is 19.5 Å². The standard InChI is InChI=1S/C17H22N2Si/c1-20(2,3)16-12-13-8-4-5-9-14(13)19-17(16)15-10-6-7-11-18-15/h6-7,10-12H,4-5,8-9H2,1-3H3. The van der Waals surface area contributed by atoms with Crippen molar-refractivity contribution in [2.75, 3.05) is 0 Å². The van der Waals surface area contributed by atoms with Gasteiger partial charge in [0.1, 0.15) is 0 Å². The first-order valence-electron chi connectivity index (χ1n) is 7.50. The Bertz CT molecular complexity index is 615. The maximum absolute atomic E-state index is 5.02. The molecule has 104 valence electrons. The van der Waals surface area contributed by atoms with Gasteiger partial charge in [0.2, 0.25) is 0 Å². The second-order valence-corrected chi connectivity index (χ2v) is 11.7. The summed E-state index contributed by atoms with van der Waals surface area (Å²) in [4.78, 5) is 9.55. The smallest absolute Gasteiger partial charge is 0.0885 e. The minimum atomic E-state index is -1.42. The van der Waals surface area contributed by atoms with Crippen LogP contribution in [0.25, 0.3) is 11.4 Å². The number of aryl methyl sites for hydroxylation is 2. The molecule has 2 nitrogen and oxygen atoms in total. The average Bonchev–Trinajstić information content (AvgIpc) is 2.46. The Morgan fingerprint density at radius 3 is 2.55 bits per heavy atom. The number of hydrogen-bond donors (Lipinski definition) is 0. The lowest BCUT2D eigenvalue weighted by Gasteiger charge is -2.24. The predicted molar refractivity (Wildman–Crippen MR) is 87.1 cm³/mol. The number of fused-ring (bicyclic) bond motifs is 1. The Labute approximate surface area is 122 Å². The molecular formula is C17H22N2Si. The van der Waals surface area contributed by atoms with Crippen LogP contribution in [0.15, 0.2) is 30.5 Å². The van der Waals surface area contributed by atoms with Gasteiger partial charge in [0, 0.05) is 11.9 Å². The summed E-state index contributed by atoms with van der Waals surface area (Å²) in [5.41, 5.74) is 4.94. The van der Waals surface area contributed by atoms with Gasteiger partial charge in [-0.1, -0.05) is 31.8 Å². The van der Waals surface area contributed by atoms with Crippen molar-refractivity contribution in [1.82, 2.24) is 9.97 Å². The Hall–Kier alpha value is -1.48. The van der Waals surface area contributed by atoms with E-state index in [4.69, 9.17) is 4.98 Å². The van der Waals surface area contributed by atoms with E-state index in [1.54, 1.807) is 0 Å². The molecule has 0 amide bonds. The van der Waals surface area contributed by atoms with E-state index in [1.807, 2.05) is 12.3 Å². The second kappa shape index (κ2) is 5.13. The monoisotopic (exact) mass is 282 g/mol. The highest BCUT2D eigenvalue weighted by atomic mass is 28.3. The third-order valence-electron chi connectivity index (χ3n) is 4.02. The highest BCUT2D eigenvalue weighted by Gasteiger charge is 2.25. The van der Waals surface area contributed by atoms with E-state index in [2.05, 4.69) is 42.8 Å². The van der Waals surface area contributed by atoms with Crippen molar-refractivity contribution in [3.63, 3.8) is 0 Å². The topological polar surface area (TPSA) is 25.8 Å². The van der Waals surface area contributed by atoms with Crippen LogP contribution in [-0.4, -0.2) is 18.0 Å². The van der Waals surface area contributed by atoms with Crippen molar-refractivity contribution in [3.05, 3.63) is 41.7 Å². The van der Waals surface area contributed by atoms with Crippen LogP contribution in [-0.2, 0) is 12.8 Å². The Morgan fingerprint density at radius 2 is 1.85 bits per heavy atom. The molecule has 0 aliphatic heterocycles. The van der Waals surface area contributed by atoms with Gasteiger partial charge in [-0.2, -0.15) is 0 Å². The van der Waals surface area contributed by atoms with Crippen molar-refractivity contribution >= 4 is 13.3 Å². The zero-order chi connectivity index (χ0) is 14.2. The van der Waals surface area contributed by atoms with Crippen molar-refractivity contribution in [1.29, 1.82) is 0 Å². The molecule has 0 aromatic carbocycles. The van der Waals surface area contributed by atoms with E-state index < -0.39 is 8.07 Å². The molecule has 3 heteroatoms. The average molecular weight is 282 g/mol. The van der Waals surface area contributed by atoms with E-state index in [-0.39, 0.29) is 0 Å². The molecule has 0 unspecified atom stereocenters. The van der Waals surface area contributed by atoms with Crippen LogP contribution in [0.5, 0.6) is 0 Å². The van der Waals surface area contributed by atoms with Crippen LogP contribution in [0.2, 0.25) is 19.6 Å². The fraction of sp³-hybridized carbons (Fsp3) is 0.412. The largest absolute Gasteiger partial charge is 0.255 e. The van der Waals surface area contributed by atoms with E-state index in [0.717, 1.165) is 17.8 Å². The summed E-state index contributed by atoms with van der Waals surface area (Å²) in [5, 5.41) is 1.46. The SMILES string of the molecule is C[Si](C)(C)c1cc2c(nc1-c1ccccn1)CCCC2. The molecule has 0 radical (unpaired) electrons. The number of rotatable bonds is 2. The molecule has 2 aromatic rings. The Kier molecular flexibility index (Phi) is 3.46. The molecular weight excluding hydrogens is 260 g/mol. The van der Waals surface area contributed by atoms with Gasteiger partial charge >= 0.3 is 0 Å². The van der Waals surface area contributed by atoms with Gasteiger partial charge in [0.25, 0.3) is 0 Å². The summed E-state index contributed by atoms with van der Waals surface area (Å²) in [6, 6.07) is 8.55. The first kappa shape index (κ1) is 13.5. The van der Waals surface area contributed by atoms with Crippen molar-refractivity contribution in [3.8, 4) is 11.4 Å². The summed E-state index contributed by atoms with van der Waals surface area (Å²) in [6.07, 6.45) is 6.77. The molecule has 0 spiro atoms. The summed E-state index contributed by atoms with van der Waals surface area (Å²) in [7, 11) is -1.42. The van der Waals surface area contributed by atoms with Gasteiger partial charge in [-0.3, -0.25) is 9.97 Å². The lowest BCUT2D eigenvalue weighted by atomic mass is 9.95. The van der Waals surface area contributed by atoms with E-state index in [1.165, 1.54) is 35.7 Å². The molecule has 1 aliphatic rings. The van der Waals surface area contributed by atoms with Crippen molar-refractivity contribution in [2.45, 2.75) is 45.3 Å². The number of pyridine rings is 2. The van der Waals surface area contributed by atoms with Crippen molar-refractivity contribution < 1.29 is 0 Å². The van der Waals surface area contributed by atoms with Crippen LogP contribution in [0.4, 0.5) is 0 Å². The first-order valence-corrected chi connectivity index (χ1v) is 11.0. The molecule has 0 fully saturated rings. The molecule has 0 saturated carbocycles. The molecule has 2 aromatic heterocycles. The summed E-state index contributed by atoms with van der Waals surface area (Å²) in [5.74, 6) is 0. The van der Waals surface area contributed by atoms with Crippen LogP contribution in [0.1, 0.15) is 24.1 Å². The Balaban J connectivity index is 2.21. The summed E-state index contributed by atoms with van der Waals surface area (Å²) < 4.78 is 0. The molecule has 0 saturated heterocycles. The van der Waals surface area contributed by atoms with Crippen molar-refractivity contribution in [2.24, 2.45) is 0 Å². The van der Waals surface area contributed by atoms with Gasteiger partial charge in [-0.25, -0.2) is 0 Å². The van der Waals surface area contributed by atoms with Gasteiger partial charge < -0.3 is 0 Å². The maximum atomic E-state index is 5.02. The first-order chi connectivity index (χ1) is 9.55. The molecule has 0 bridgehead atoms. The maximum Gasteiger partial charge on any atom is 0.0885 e. The van der Waals surface area contributed by atoms with E-state index in [9.17, 15) is 0 Å². The molecule has 3 rings (SSSR count). The molecule has 0 atom stereocenters. The Morgan fingerprint density at radius 1 is 1.05 bits per heavy atom. The third-order valence-corrected chi connectivity index (χ3v) is 6.01. The predicted octanol–water partition coefficient (Wildman–Crippen LogP) is 3.57. The minimum absolute atomic E-state index is 1.03. The van der Waals surface area contributed by atoms with Crippen LogP contribution >= 0.6 is 0 Å². The van der Waals surface area contributed by atoms with E-state index >= 15 is 0 Å². The molecule has 20 heavy (non-hydrogen) atoms. The van der Waals surface area contributed by atoms with Gasteiger partial charge in [0.15, 0.2) is 0 Å². The van der Waals surface area contributed by atoms with Gasteiger partial charge in [-0.15, -0.1) is 0 Å². The third kappa shape index (κ3) is 2.55. The van der Waals surface area contributed by atoms with Crippen LogP contribution < -0.4 is 5.19 Å². The fourth-order valence-corrected chi connectivity index (χ4v) is 4.41. The highest BCUT2D eigenvalue weighted by Crippen LogP contribution is 2.24. The number of hydrogen-bond acceptors (Lipinski definition) is 2. The minimum Gasteiger partial charge on any atom is -0.255 e. The van der Waals surface area contributed by atoms with Crippen LogP contribution in [0.3, 0.4) is 0 Å². The molecule has 1 aliphatic carbocycles. The zero-order valence-corrected chi connectivity index (χ0v) is 13.6. The molecule has 0 N–H and O–H groups in total. The number of nitrogens with zero attached hydrogens (tertiary/aromatic N) is 2. The second-order valence-electron chi connectivity index (χ2n) is 6.66. The lowest BCUT2D eigenvalue weighted by molar-refractivity contribution is 0.669. The summed E-state index contributed by atoms with van der Waals surface area (Å²) >= 11 is 0. The highest BCUT2D eigenvalue weighted by molar-refractivity contribution is 6.89. The lowest BCUT2D eigenvalue weighted by Crippen LogP contribution is -2.40. The normalized spacial score (nSPS) is 14.9. The summed E-state index contributed by atoms with van der Waals surface area (Å²) in [6.45, 7) is 7.18. The van der Waals surface area contributed by atoms with Gasteiger partial charge in [-0.05, 0) is 48.6 Å². The number of aromatic nitrogens is 2. The van der Waals surface area contributed by atoms with Crippen LogP contribution in [0, 0.1) is 0 Å².